The molecule has 1 aliphatic carbocycles. The molecule has 0 radical (unpaired) electrons. The Balaban J connectivity index is 2.14. The van der Waals surface area contributed by atoms with Gasteiger partial charge in [0.15, 0.2) is 0 Å². The van der Waals surface area contributed by atoms with E-state index in [2.05, 4.69) is 21.2 Å². The van der Waals surface area contributed by atoms with Crippen LogP contribution in [-0.2, 0) is 4.79 Å². The van der Waals surface area contributed by atoms with Crippen molar-refractivity contribution < 1.29 is 14.7 Å². The standard InChI is InChI=1S/C13H16BrNO3S/c14-9-4-7-19-11(9)12(18)15-13(8-10(16)17)5-2-1-3-6-13/h4,7H,1-3,5-6,8H2,(H,15,18)(H,16,17). The van der Waals surface area contributed by atoms with E-state index in [9.17, 15) is 9.59 Å². The molecule has 0 unspecified atom stereocenters. The molecule has 1 fully saturated rings. The maximum atomic E-state index is 12.3. The highest BCUT2D eigenvalue weighted by Gasteiger charge is 2.36. The van der Waals surface area contributed by atoms with Crippen molar-refractivity contribution in [3.05, 3.63) is 20.8 Å². The van der Waals surface area contributed by atoms with Crippen LogP contribution in [0, 0.1) is 0 Å². The molecular weight excluding hydrogens is 330 g/mol. The topological polar surface area (TPSA) is 66.4 Å². The third-order valence-corrected chi connectivity index (χ3v) is 5.34. The molecule has 19 heavy (non-hydrogen) atoms. The second-order valence-electron chi connectivity index (χ2n) is 4.96. The largest absolute Gasteiger partial charge is 0.481 e. The molecule has 1 heterocycles. The number of hydrogen-bond donors (Lipinski definition) is 2. The Morgan fingerprint density at radius 3 is 2.58 bits per heavy atom. The SMILES string of the molecule is O=C(O)CC1(NC(=O)c2sccc2Br)CCCCC1. The number of halogens is 1. The molecule has 4 nitrogen and oxygen atoms in total. The molecule has 1 aromatic rings. The summed E-state index contributed by atoms with van der Waals surface area (Å²) in [4.78, 5) is 23.9. The van der Waals surface area contributed by atoms with Crippen molar-refractivity contribution in [3.63, 3.8) is 0 Å². The van der Waals surface area contributed by atoms with E-state index >= 15 is 0 Å². The van der Waals surface area contributed by atoms with E-state index in [1.54, 1.807) is 0 Å². The first-order valence-electron chi connectivity index (χ1n) is 6.30. The second kappa shape index (κ2) is 6.05. The molecule has 1 amide bonds. The van der Waals surface area contributed by atoms with E-state index in [0.717, 1.165) is 36.6 Å². The molecule has 104 valence electrons. The van der Waals surface area contributed by atoms with Gasteiger partial charge in [-0.2, -0.15) is 0 Å². The monoisotopic (exact) mass is 345 g/mol. The molecule has 0 spiro atoms. The Labute approximate surface area is 124 Å². The van der Waals surface area contributed by atoms with Crippen LogP contribution in [0.3, 0.4) is 0 Å². The first-order valence-corrected chi connectivity index (χ1v) is 7.97. The van der Waals surface area contributed by atoms with Crippen LogP contribution in [0.5, 0.6) is 0 Å². The number of hydrogen-bond acceptors (Lipinski definition) is 3. The number of amides is 1. The predicted octanol–water partition coefficient (Wildman–Crippen LogP) is 3.42. The predicted molar refractivity (Wildman–Crippen MR) is 77.6 cm³/mol. The number of carboxylic acids is 1. The average molecular weight is 346 g/mol. The van der Waals surface area contributed by atoms with Gasteiger partial charge in [-0.05, 0) is 40.2 Å². The highest BCUT2D eigenvalue weighted by atomic mass is 79.9. The van der Waals surface area contributed by atoms with Crippen LogP contribution in [-0.4, -0.2) is 22.5 Å². The minimum atomic E-state index is -0.854. The van der Waals surface area contributed by atoms with Gasteiger partial charge in [-0.25, -0.2) is 0 Å². The summed E-state index contributed by atoms with van der Waals surface area (Å²) in [5.74, 6) is -1.03. The van der Waals surface area contributed by atoms with Crippen molar-refractivity contribution in [1.82, 2.24) is 5.32 Å². The summed E-state index contributed by atoms with van der Waals surface area (Å²) in [5.41, 5.74) is -0.579. The van der Waals surface area contributed by atoms with Gasteiger partial charge in [0, 0.05) is 4.47 Å². The number of thiophene rings is 1. The van der Waals surface area contributed by atoms with Crippen LogP contribution in [0.2, 0.25) is 0 Å². The van der Waals surface area contributed by atoms with Crippen molar-refractivity contribution in [3.8, 4) is 0 Å². The zero-order chi connectivity index (χ0) is 13.9. The van der Waals surface area contributed by atoms with Gasteiger partial charge in [0.2, 0.25) is 0 Å². The van der Waals surface area contributed by atoms with Gasteiger partial charge in [0.25, 0.3) is 5.91 Å². The lowest BCUT2D eigenvalue weighted by molar-refractivity contribution is -0.139. The minimum absolute atomic E-state index is 0.00172. The summed E-state index contributed by atoms with van der Waals surface area (Å²) in [6, 6.07) is 1.82. The Hall–Kier alpha value is -0.880. The summed E-state index contributed by atoms with van der Waals surface area (Å²) in [5, 5.41) is 13.9. The molecule has 6 heteroatoms. The lowest BCUT2D eigenvalue weighted by atomic mass is 9.79. The van der Waals surface area contributed by atoms with Gasteiger partial charge in [-0.15, -0.1) is 11.3 Å². The van der Waals surface area contributed by atoms with Crippen molar-refractivity contribution in [2.24, 2.45) is 0 Å². The van der Waals surface area contributed by atoms with Crippen LogP contribution in [0.4, 0.5) is 0 Å². The molecule has 0 saturated heterocycles. The molecule has 0 atom stereocenters. The summed E-state index contributed by atoms with van der Waals surface area (Å²) in [6.45, 7) is 0. The molecule has 0 bridgehead atoms. The van der Waals surface area contributed by atoms with Crippen molar-refractivity contribution >= 4 is 39.1 Å². The van der Waals surface area contributed by atoms with E-state index < -0.39 is 11.5 Å². The van der Waals surface area contributed by atoms with E-state index in [4.69, 9.17) is 5.11 Å². The Morgan fingerprint density at radius 1 is 1.37 bits per heavy atom. The Bertz CT molecular complexity index is 480. The Morgan fingerprint density at radius 2 is 2.05 bits per heavy atom. The summed E-state index contributed by atoms with van der Waals surface area (Å²) in [7, 11) is 0. The number of nitrogens with one attached hydrogen (secondary N) is 1. The highest BCUT2D eigenvalue weighted by molar-refractivity contribution is 9.10. The van der Waals surface area contributed by atoms with Crippen LogP contribution >= 0.6 is 27.3 Å². The molecule has 1 aromatic heterocycles. The van der Waals surface area contributed by atoms with Crippen LogP contribution in [0.1, 0.15) is 48.2 Å². The lowest BCUT2D eigenvalue weighted by Gasteiger charge is -2.36. The summed E-state index contributed by atoms with van der Waals surface area (Å²) >= 11 is 4.69. The average Bonchev–Trinajstić information content (AvgIpc) is 2.75. The minimum Gasteiger partial charge on any atom is -0.481 e. The smallest absolute Gasteiger partial charge is 0.305 e. The lowest BCUT2D eigenvalue weighted by Crippen LogP contribution is -2.51. The van der Waals surface area contributed by atoms with E-state index in [-0.39, 0.29) is 12.3 Å². The fourth-order valence-electron chi connectivity index (χ4n) is 2.62. The number of rotatable bonds is 4. The molecule has 1 saturated carbocycles. The number of carboxylic acid groups (broad SMARTS) is 1. The van der Waals surface area contributed by atoms with Crippen LogP contribution in [0.25, 0.3) is 0 Å². The van der Waals surface area contributed by atoms with Gasteiger partial charge in [-0.1, -0.05) is 19.3 Å². The van der Waals surface area contributed by atoms with E-state index in [0.29, 0.717) is 4.88 Å². The van der Waals surface area contributed by atoms with Crippen molar-refractivity contribution in [2.45, 2.75) is 44.1 Å². The van der Waals surface area contributed by atoms with E-state index in [1.807, 2.05) is 11.4 Å². The highest BCUT2D eigenvalue weighted by Crippen LogP contribution is 2.32. The van der Waals surface area contributed by atoms with Crippen molar-refractivity contribution in [2.75, 3.05) is 0 Å². The number of carbonyl (C=O) groups is 2. The molecule has 2 N–H and O–H groups in total. The second-order valence-corrected chi connectivity index (χ2v) is 6.73. The molecule has 1 aliphatic rings. The third kappa shape index (κ3) is 3.57. The first-order chi connectivity index (χ1) is 9.02. The van der Waals surface area contributed by atoms with Gasteiger partial charge >= 0.3 is 5.97 Å². The first kappa shape index (κ1) is 14.5. The summed E-state index contributed by atoms with van der Waals surface area (Å²) in [6.07, 6.45) is 4.54. The van der Waals surface area contributed by atoms with Gasteiger partial charge in [0.1, 0.15) is 4.88 Å². The van der Waals surface area contributed by atoms with Gasteiger partial charge in [-0.3, -0.25) is 9.59 Å². The fourth-order valence-corrected chi connectivity index (χ4v) is 4.06. The molecule has 0 aromatic carbocycles. The maximum absolute atomic E-state index is 12.3. The third-order valence-electron chi connectivity index (χ3n) is 3.50. The summed E-state index contributed by atoms with van der Waals surface area (Å²) < 4.78 is 0.760. The number of aliphatic carboxylic acids is 1. The van der Waals surface area contributed by atoms with Crippen LogP contribution < -0.4 is 5.32 Å². The number of carbonyl (C=O) groups excluding carboxylic acids is 1. The van der Waals surface area contributed by atoms with Gasteiger partial charge in [0.05, 0.1) is 12.0 Å². The maximum Gasteiger partial charge on any atom is 0.305 e. The molecule has 0 aliphatic heterocycles. The normalized spacial score (nSPS) is 17.9. The zero-order valence-corrected chi connectivity index (χ0v) is 12.8. The van der Waals surface area contributed by atoms with Gasteiger partial charge < -0.3 is 10.4 Å². The Kier molecular flexibility index (Phi) is 4.62. The fraction of sp³-hybridized carbons (Fsp3) is 0.538. The molecular formula is C13H16BrNO3S. The van der Waals surface area contributed by atoms with Crippen LogP contribution in [0.15, 0.2) is 15.9 Å². The van der Waals surface area contributed by atoms with Crippen molar-refractivity contribution in [1.29, 1.82) is 0 Å². The quantitative estimate of drug-likeness (QED) is 0.878. The zero-order valence-electron chi connectivity index (χ0n) is 10.4. The molecule has 2 rings (SSSR count). The van der Waals surface area contributed by atoms with E-state index in [1.165, 1.54) is 11.3 Å².